The number of amides is 2. The van der Waals surface area contributed by atoms with E-state index in [0.717, 1.165) is 47.2 Å². The summed E-state index contributed by atoms with van der Waals surface area (Å²) in [5.74, 6) is 1.24. The topological polar surface area (TPSA) is 141 Å². The molecule has 4 aliphatic heterocycles. The minimum Gasteiger partial charge on any atom is -0.493 e. The SMILES string of the molecule is COC(=O)c1ccc(C2=CN3C(=O)c4cc(OC)c(OCCCCCOc5cc6c(cc5OC)C(=O)N5C=C(c7ccc(NC(C)(C)C)cc7)C[C@H]5C=N6)cc4N=C[C@@H]3C2)cc1. The van der Waals surface area contributed by atoms with Gasteiger partial charge >= 0.3 is 5.97 Å². The molecule has 62 heavy (non-hydrogen) atoms. The van der Waals surface area contributed by atoms with Crippen molar-refractivity contribution in [2.24, 2.45) is 9.98 Å². The quantitative estimate of drug-likeness (QED) is 0.0972. The molecular weight excluding hydrogens is 787 g/mol. The number of anilines is 1. The maximum absolute atomic E-state index is 13.9. The molecule has 4 aliphatic rings. The number of carbonyl (C=O) groups is 3. The summed E-state index contributed by atoms with van der Waals surface area (Å²) in [6.07, 6.45) is 11.0. The summed E-state index contributed by atoms with van der Waals surface area (Å²) >= 11 is 0. The summed E-state index contributed by atoms with van der Waals surface area (Å²) in [5.41, 5.74) is 7.46. The first-order valence-corrected chi connectivity index (χ1v) is 20.8. The van der Waals surface area contributed by atoms with Crippen LogP contribution in [-0.4, -0.2) is 92.2 Å². The van der Waals surface area contributed by atoms with Gasteiger partial charge in [0.25, 0.3) is 11.8 Å². The fourth-order valence-corrected chi connectivity index (χ4v) is 8.03. The molecule has 320 valence electrons. The number of benzene rings is 4. The molecule has 0 radical (unpaired) electrons. The zero-order chi connectivity index (χ0) is 43.5. The van der Waals surface area contributed by atoms with E-state index < -0.39 is 5.97 Å². The van der Waals surface area contributed by atoms with Crippen LogP contribution in [0, 0.1) is 0 Å². The second-order valence-electron chi connectivity index (χ2n) is 16.7. The number of fused-ring (bicyclic) bond motifs is 4. The summed E-state index contributed by atoms with van der Waals surface area (Å²) in [6, 6.07) is 22.0. The molecule has 0 spiro atoms. The van der Waals surface area contributed by atoms with Crippen molar-refractivity contribution in [1.82, 2.24) is 9.80 Å². The molecule has 13 heteroatoms. The van der Waals surface area contributed by atoms with Crippen LogP contribution in [0.4, 0.5) is 17.1 Å². The molecule has 4 aromatic carbocycles. The zero-order valence-corrected chi connectivity index (χ0v) is 35.9. The van der Waals surface area contributed by atoms with Crippen LogP contribution in [0.15, 0.2) is 95.2 Å². The third-order valence-corrected chi connectivity index (χ3v) is 11.2. The first-order chi connectivity index (χ1) is 29.9. The highest BCUT2D eigenvalue weighted by Crippen LogP contribution is 2.42. The van der Waals surface area contributed by atoms with Crippen LogP contribution < -0.4 is 24.3 Å². The molecule has 0 saturated heterocycles. The minimum absolute atomic E-state index is 0.0366. The molecule has 0 saturated carbocycles. The molecule has 2 amide bonds. The molecule has 4 heterocycles. The molecule has 0 aliphatic carbocycles. The Bertz CT molecular complexity index is 2500. The van der Waals surface area contributed by atoms with Crippen molar-refractivity contribution in [3.8, 4) is 23.0 Å². The number of hydrogen-bond acceptors (Lipinski definition) is 11. The van der Waals surface area contributed by atoms with Gasteiger partial charge in [-0.15, -0.1) is 0 Å². The third-order valence-electron chi connectivity index (χ3n) is 11.2. The smallest absolute Gasteiger partial charge is 0.337 e. The van der Waals surface area contributed by atoms with Crippen molar-refractivity contribution in [3.05, 3.63) is 113 Å². The van der Waals surface area contributed by atoms with Gasteiger partial charge in [-0.3, -0.25) is 19.6 Å². The van der Waals surface area contributed by atoms with Gasteiger partial charge in [0.1, 0.15) is 0 Å². The van der Waals surface area contributed by atoms with E-state index >= 15 is 0 Å². The Morgan fingerprint density at radius 3 is 1.56 bits per heavy atom. The first kappa shape index (κ1) is 41.8. The van der Waals surface area contributed by atoms with Crippen LogP contribution in [0.25, 0.3) is 11.1 Å². The summed E-state index contributed by atoms with van der Waals surface area (Å²) in [5, 5.41) is 3.49. The molecule has 1 N–H and O–H groups in total. The number of nitrogens with zero attached hydrogens (tertiary/aromatic N) is 4. The number of nitrogens with one attached hydrogen (secondary N) is 1. The van der Waals surface area contributed by atoms with E-state index in [9.17, 15) is 14.4 Å². The molecule has 0 aromatic heterocycles. The third kappa shape index (κ3) is 8.79. The van der Waals surface area contributed by atoms with E-state index in [2.05, 4.69) is 50.4 Å². The van der Waals surface area contributed by atoms with E-state index in [4.69, 9.17) is 33.7 Å². The lowest BCUT2D eigenvalue weighted by Crippen LogP contribution is -2.32. The van der Waals surface area contributed by atoms with E-state index in [-0.39, 0.29) is 29.4 Å². The average molecular weight is 838 g/mol. The molecule has 2 atom stereocenters. The Morgan fingerprint density at radius 1 is 0.661 bits per heavy atom. The van der Waals surface area contributed by atoms with Crippen LogP contribution in [0.5, 0.6) is 23.0 Å². The van der Waals surface area contributed by atoms with E-state index in [0.29, 0.717) is 77.1 Å². The number of hydrogen-bond donors (Lipinski definition) is 1. The lowest BCUT2D eigenvalue weighted by atomic mass is 10.0. The van der Waals surface area contributed by atoms with E-state index in [1.54, 1.807) is 66.6 Å². The highest BCUT2D eigenvalue weighted by Gasteiger charge is 2.35. The standard InChI is InChI=1S/C49H51N5O8/c1-49(2,3)52-35-16-14-31(15-17-35)34-21-37-27-51-41-25-45(43(59-5)23-39(41)47(56)54(37)29-34)62-19-9-7-8-18-61-44-24-40-38(22-42(44)58-4)46(55)53-28-33(20-36(53)26-50-40)30-10-12-32(13-11-30)48(57)60-6/h10-17,22-29,36-37,52H,7-9,18-21H2,1-6H3/t36-,37-/m0/s1. The first-order valence-electron chi connectivity index (χ1n) is 20.8. The van der Waals surface area contributed by atoms with Crippen LogP contribution >= 0.6 is 0 Å². The molecule has 4 aromatic rings. The summed E-state index contributed by atoms with van der Waals surface area (Å²) in [7, 11) is 4.46. The van der Waals surface area contributed by atoms with Gasteiger partial charge in [0.05, 0.1) is 74.7 Å². The number of methoxy groups -OCH3 is 3. The van der Waals surface area contributed by atoms with Gasteiger partial charge in [-0.2, -0.15) is 0 Å². The maximum Gasteiger partial charge on any atom is 0.337 e. The fraction of sp³-hybridized carbons (Fsp3) is 0.327. The number of ether oxygens (including phenoxy) is 5. The molecule has 13 nitrogen and oxygen atoms in total. The van der Waals surface area contributed by atoms with Crippen molar-refractivity contribution in [3.63, 3.8) is 0 Å². The predicted molar refractivity (Wildman–Crippen MR) is 240 cm³/mol. The van der Waals surface area contributed by atoms with Crippen molar-refractivity contribution >= 4 is 58.4 Å². The van der Waals surface area contributed by atoms with Crippen molar-refractivity contribution in [1.29, 1.82) is 0 Å². The summed E-state index contributed by atoms with van der Waals surface area (Å²) in [4.78, 5) is 52.4. The number of carbonyl (C=O) groups excluding carboxylic acids is 3. The van der Waals surface area contributed by atoms with Crippen LogP contribution in [-0.2, 0) is 4.74 Å². The van der Waals surface area contributed by atoms with Crippen LogP contribution in [0.3, 0.4) is 0 Å². The summed E-state index contributed by atoms with van der Waals surface area (Å²) in [6.45, 7) is 7.24. The van der Waals surface area contributed by atoms with Crippen LogP contribution in [0.1, 0.15) is 95.1 Å². The van der Waals surface area contributed by atoms with E-state index in [1.807, 2.05) is 30.7 Å². The van der Waals surface area contributed by atoms with Crippen molar-refractivity contribution < 1.29 is 38.1 Å². The second-order valence-corrected chi connectivity index (χ2v) is 16.7. The lowest BCUT2D eigenvalue weighted by molar-refractivity contribution is 0.0600. The normalized spacial score (nSPS) is 17.5. The Balaban J connectivity index is 0.838. The molecule has 0 unspecified atom stereocenters. The summed E-state index contributed by atoms with van der Waals surface area (Å²) < 4.78 is 28.5. The highest BCUT2D eigenvalue weighted by atomic mass is 16.5. The molecule has 8 rings (SSSR count). The Hall–Kier alpha value is -6.89. The monoisotopic (exact) mass is 837 g/mol. The molecular formula is C49H51N5O8. The highest BCUT2D eigenvalue weighted by molar-refractivity contribution is 6.06. The van der Waals surface area contributed by atoms with Gasteiger partial charge in [0.15, 0.2) is 23.0 Å². The Labute approximate surface area is 361 Å². The number of esters is 1. The molecule has 0 fully saturated rings. The predicted octanol–water partition coefficient (Wildman–Crippen LogP) is 9.27. The van der Waals surface area contributed by atoms with E-state index in [1.165, 1.54) is 7.11 Å². The number of unbranched alkanes of at least 4 members (excludes halogenated alkanes) is 2. The Morgan fingerprint density at radius 2 is 1.13 bits per heavy atom. The molecule has 0 bridgehead atoms. The maximum atomic E-state index is 13.9. The average Bonchev–Trinajstić information content (AvgIpc) is 3.85. The zero-order valence-electron chi connectivity index (χ0n) is 35.9. The van der Waals surface area contributed by atoms with Gasteiger partial charge in [-0.05, 0) is 98.7 Å². The second kappa shape index (κ2) is 17.6. The van der Waals surface area contributed by atoms with Gasteiger partial charge in [-0.1, -0.05) is 24.3 Å². The van der Waals surface area contributed by atoms with Gasteiger partial charge < -0.3 is 38.8 Å². The van der Waals surface area contributed by atoms with Gasteiger partial charge in [-0.25, -0.2) is 4.79 Å². The van der Waals surface area contributed by atoms with Crippen molar-refractivity contribution in [2.45, 2.75) is 70.5 Å². The number of aliphatic imine (C=N–C) groups is 2. The minimum atomic E-state index is -0.400. The Kier molecular flexibility index (Phi) is 11.9. The lowest BCUT2D eigenvalue weighted by Gasteiger charge is -2.22. The fourth-order valence-electron chi connectivity index (χ4n) is 8.03. The largest absolute Gasteiger partial charge is 0.493 e. The van der Waals surface area contributed by atoms with Crippen molar-refractivity contribution in [2.75, 3.05) is 39.9 Å². The van der Waals surface area contributed by atoms with Gasteiger partial charge in [0.2, 0.25) is 0 Å². The van der Waals surface area contributed by atoms with Crippen LogP contribution in [0.2, 0.25) is 0 Å². The van der Waals surface area contributed by atoms with Gasteiger partial charge in [0, 0.05) is 61.0 Å². The number of rotatable bonds is 14.